The molecule has 0 aliphatic carbocycles. The Morgan fingerprint density at radius 1 is 1.35 bits per heavy atom. The third kappa shape index (κ3) is 3.65. The molecule has 0 radical (unpaired) electrons. The van der Waals surface area contributed by atoms with Crippen molar-refractivity contribution < 1.29 is 9.47 Å². The van der Waals surface area contributed by atoms with Crippen LogP contribution in [-0.4, -0.2) is 32.0 Å². The SMILES string of the molecule is CNC(CSc1nccs1)c1cc(OC)ccc1OC. The molecule has 108 valence electrons. The van der Waals surface area contributed by atoms with Crippen LogP contribution >= 0.6 is 23.1 Å². The fourth-order valence-electron chi connectivity index (χ4n) is 1.88. The second kappa shape index (κ2) is 7.52. The van der Waals surface area contributed by atoms with Crippen molar-refractivity contribution in [1.82, 2.24) is 10.3 Å². The maximum Gasteiger partial charge on any atom is 0.149 e. The number of benzene rings is 1. The zero-order chi connectivity index (χ0) is 14.4. The van der Waals surface area contributed by atoms with Crippen LogP contribution in [0.1, 0.15) is 11.6 Å². The van der Waals surface area contributed by atoms with Gasteiger partial charge in [-0.1, -0.05) is 11.8 Å². The Balaban J connectivity index is 2.16. The van der Waals surface area contributed by atoms with Crippen LogP contribution in [0, 0.1) is 0 Å². The standard InChI is InChI=1S/C14H18N2O2S2/c1-15-12(9-20-14-16-6-7-19-14)11-8-10(17-2)4-5-13(11)18-3/h4-8,12,15H,9H2,1-3H3. The summed E-state index contributed by atoms with van der Waals surface area (Å²) in [6, 6.07) is 6.03. The lowest BCUT2D eigenvalue weighted by Gasteiger charge is -2.19. The van der Waals surface area contributed by atoms with Gasteiger partial charge in [-0.05, 0) is 25.2 Å². The molecule has 0 saturated carbocycles. The zero-order valence-electron chi connectivity index (χ0n) is 11.8. The number of nitrogens with one attached hydrogen (secondary N) is 1. The van der Waals surface area contributed by atoms with Crippen molar-refractivity contribution in [2.45, 2.75) is 10.4 Å². The summed E-state index contributed by atoms with van der Waals surface area (Å²) in [6.45, 7) is 0. The highest BCUT2D eigenvalue weighted by Gasteiger charge is 2.16. The molecule has 0 fully saturated rings. The molecule has 0 aliphatic rings. The first-order valence-corrected chi connectivity index (χ1v) is 8.06. The summed E-state index contributed by atoms with van der Waals surface area (Å²) in [5.41, 5.74) is 1.10. The Hall–Kier alpha value is -1.24. The van der Waals surface area contributed by atoms with Gasteiger partial charge in [-0.3, -0.25) is 0 Å². The monoisotopic (exact) mass is 310 g/mol. The van der Waals surface area contributed by atoms with Gasteiger partial charge in [-0.15, -0.1) is 11.3 Å². The number of hydrogen-bond donors (Lipinski definition) is 1. The van der Waals surface area contributed by atoms with Crippen LogP contribution in [-0.2, 0) is 0 Å². The Labute approximate surface area is 127 Å². The van der Waals surface area contributed by atoms with Gasteiger partial charge in [0.15, 0.2) is 0 Å². The quantitative estimate of drug-likeness (QED) is 0.796. The van der Waals surface area contributed by atoms with Gasteiger partial charge in [-0.2, -0.15) is 0 Å². The van der Waals surface area contributed by atoms with E-state index in [9.17, 15) is 0 Å². The van der Waals surface area contributed by atoms with Crippen LogP contribution in [0.15, 0.2) is 34.1 Å². The van der Waals surface area contributed by atoms with Crippen molar-refractivity contribution >= 4 is 23.1 Å². The number of thiazole rings is 1. The number of hydrogen-bond acceptors (Lipinski definition) is 6. The van der Waals surface area contributed by atoms with Crippen LogP contribution in [0.4, 0.5) is 0 Å². The number of nitrogens with zero attached hydrogens (tertiary/aromatic N) is 1. The van der Waals surface area contributed by atoms with Gasteiger partial charge < -0.3 is 14.8 Å². The van der Waals surface area contributed by atoms with E-state index in [1.165, 1.54) is 0 Å². The lowest BCUT2D eigenvalue weighted by molar-refractivity contribution is 0.394. The van der Waals surface area contributed by atoms with Gasteiger partial charge in [0.2, 0.25) is 0 Å². The molecule has 1 N–H and O–H groups in total. The number of methoxy groups -OCH3 is 2. The van der Waals surface area contributed by atoms with Crippen molar-refractivity contribution in [2.24, 2.45) is 0 Å². The largest absolute Gasteiger partial charge is 0.497 e. The maximum atomic E-state index is 5.45. The predicted molar refractivity (Wildman–Crippen MR) is 84.2 cm³/mol. The number of thioether (sulfide) groups is 1. The van der Waals surface area contributed by atoms with E-state index in [2.05, 4.69) is 10.3 Å². The van der Waals surface area contributed by atoms with Crippen molar-refractivity contribution in [3.05, 3.63) is 35.3 Å². The average Bonchev–Trinajstić information content (AvgIpc) is 3.01. The van der Waals surface area contributed by atoms with Crippen LogP contribution in [0.5, 0.6) is 11.5 Å². The molecule has 2 aromatic rings. The summed E-state index contributed by atoms with van der Waals surface area (Å²) >= 11 is 3.39. The summed E-state index contributed by atoms with van der Waals surface area (Å²) in [7, 11) is 5.31. The van der Waals surface area contributed by atoms with Gasteiger partial charge in [0, 0.05) is 28.9 Å². The minimum absolute atomic E-state index is 0.175. The van der Waals surface area contributed by atoms with E-state index >= 15 is 0 Å². The molecule has 2 rings (SSSR count). The third-order valence-electron chi connectivity index (χ3n) is 2.94. The summed E-state index contributed by atoms with van der Waals surface area (Å²) < 4.78 is 11.8. The van der Waals surface area contributed by atoms with E-state index in [0.29, 0.717) is 0 Å². The van der Waals surface area contributed by atoms with E-state index in [-0.39, 0.29) is 6.04 Å². The Morgan fingerprint density at radius 2 is 2.20 bits per heavy atom. The van der Waals surface area contributed by atoms with Crippen molar-refractivity contribution in [1.29, 1.82) is 0 Å². The smallest absolute Gasteiger partial charge is 0.149 e. The van der Waals surface area contributed by atoms with Gasteiger partial charge >= 0.3 is 0 Å². The van der Waals surface area contributed by atoms with Crippen LogP contribution in [0.3, 0.4) is 0 Å². The van der Waals surface area contributed by atoms with Crippen LogP contribution < -0.4 is 14.8 Å². The highest BCUT2D eigenvalue weighted by atomic mass is 32.2. The van der Waals surface area contributed by atoms with Gasteiger partial charge in [0.05, 0.1) is 14.2 Å². The zero-order valence-corrected chi connectivity index (χ0v) is 13.4. The molecule has 0 saturated heterocycles. The second-order valence-electron chi connectivity index (χ2n) is 4.06. The fraction of sp³-hybridized carbons (Fsp3) is 0.357. The minimum Gasteiger partial charge on any atom is -0.497 e. The maximum absolute atomic E-state index is 5.45. The molecule has 4 nitrogen and oxygen atoms in total. The molecule has 1 unspecified atom stereocenters. The minimum atomic E-state index is 0.175. The first-order valence-electron chi connectivity index (χ1n) is 6.20. The fourth-order valence-corrected chi connectivity index (χ4v) is 3.67. The van der Waals surface area contributed by atoms with E-state index in [1.807, 2.05) is 36.8 Å². The molecule has 1 aromatic heterocycles. The normalized spacial score (nSPS) is 12.2. The first kappa shape index (κ1) is 15.2. The van der Waals surface area contributed by atoms with E-state index in [1.54, 1.807) is 37.3 Å². The van der Waals surface area contributed by atoms with E-state index in [4.69, 9.17) is 9.47 Å². The molecule has 20 heavy (non-hydrogen) atoms. The number of aromatic nitrogens is 1. The van der Waals surface area contributed by atoms with Crippen molar-refractivity contribution in [2.75, 3.05) is 27.0 Å². The second-order valence-corrected chi connectivity index (χ2v) is 6.22. The Kier molecular flexibility index (Phi) is 5.70. The van der Waals surface area contributed by atoms with E-state index < -0.39 is 0 Å². The van der Waals surface area contributed by atoms with Gasteiger partial charge in [-0.25, -0.2) is 4.98 Å². The highest BCUT2D eigenvalue weighted by Crippen LogP contribution is 2.33. The molecular weight excluding hydrogens is 292 g/mol. The third-order valence-corrected chi connectivity index (χ3v) is 5.00. The topological polar surface area (TPSA) is 43.4 Å². The average molecular weight is 310 g/mol. The molecule has 0 aliphatic heterocycles. The molecule has 0 spiro atoms. The summed E-state index contributed by atoms with van der Waals surface area (Å²) in [5, 5.41) is 5.32. The van der Waals surface area contributed by atoms with Crippen LogP contribution in [0.25, 0.3) is 0 Å². The lowest BCUT2D eigenvalue weighted by Crippen LogP contribution is -2.19. The molecule has 6 heteroatoms. The van der Waals surface area contributed by atoms with Gasteiger partial charge in [0.1, 0.15) is 15.8 Å². The summed E-state index contributed by atoms with van der Waals surface area (Å²) in [4.78, 5) is 4.29. The highest BCUT2D eigenvalue weighted by molar-refractivity contribution is 8.01. The first-order chi connectivity index (χ1) is 9.78. The van der Waals surface area contributed by atoms with Crippen molar-refractivity contribution in [3.8, 4) is 11.5 Å². The number of ether oxygens (including phenoxy) is 2. The molecule has 1 atom stereocenters. The van der Waals surface area contributed by atoms with Crippen LogP contribution in [0.2, 0.25) is 0 Å². The Morgan fingerprint density at radius 3 is 2.80 bits per heavy atom. The lowest BCUT2D eigenvalue weighted by atomic mass is 10.1. The molecule has 1 heterocycles. The number of rotatable bonds is 7. The van der Waals surface area contributed by atoms with E-state index in [0.717, 1.165) is 27.2 Å². The Bertz CT molecular complexity index is 532. The molecular formula is C14H18N2O2S2. The summed E-state index contributed by atoms with van der Waals surface area (Å²) in [5.74, 6) is 2.58. The summed E-state index contributed by atoms with van der Waals surface area (Å²) in [6.07, 6.45) is 1.83. The van der Waals surface area contributed by atoms with Crippen molar-refractivity contribution in [3.63, 3.8) is 0 Å². The molecule has 1 aromatic carbocycles. The molecule has 0 bridgehead atoms. The predicted octanol–water partition coefficient (Wildman–Crippen LogP) is 3.21. The molecule has 0 amide bonds. The van der Waals surface area contributed by atoms with Gasteiger partial charge in [0.25, 0.3) is 0 Å².